The zero-order chi connectivity index (χ0) is 17.5. The molecule has 0 saturated carbocycles. The lowest BCUT2D eigenvalue weighted by atomic mass is 10.0. The van der Waals surface area contributed by atoms with E-state index in [1.807, 2.05) is 24.3 Å². The van der Waals surface area contributed by atoms with Gasteiger partial charge in [-0.05, 0) is 65.1 Å². The molecule has 5 nitrogen and oxygen atoms in total. The van der Waals surface area contributed by atoms with Gasteiger partial charge in [0, 0.05) is 22.1 Å². The summed E-state index contributed by atoms with van der Waals surface area (Å²) in [5, 5.41) is 2.78. The van der Waals surface area contributed by atoms with E-state index in [0.717, 1.165) is 3.57 Å². The number of carbonyl (C=O) groups is 2. The number of carbonyl (C=O) groups excluding carboxylic acids is 2. The molecule has 0 aliphatic rings. The number of Topliss-reactive ketones (excluding diaryl/α,β-unsaturated/α-hetero) is 1. The molecule has 0 radical (unpaired) electrons. The van der Waals surface area contributed by atoms with Crippen LogP contribution < -0.4 is 14.8 Å². The van der Waals surface area contributed by atoms with Crippen LogP contribution in [0.25, 0.3) is 0 Å². The van der Waals surface area contributed by atoms with Gasteiger partial charge in [-0.15, -0.1) is 0 Å². The first-order valence-corrected chi connectivity index (χ1v) is 8.42. The summed E-state index contributed by atoms with van der Waals surface area (Å²) in [5.41, 5.74) is 1.13. The Morgan fingerprint density at radius 3 is 2.33 bits per heavy atom. The minimum Gasteiger partial charge on any atom is -0.497 e. The molecule has 1 N–H and O–H groups in total. The summed E-state index contributed by atoms with van der Waals surface area (Å²) < 4.78 is 11.4. The van der Waals surface area contributed by atoms with Crippen molar-refractivity contribution in [2.45, 2.75) is 12.8 Å². The van der Waals surface area contributed by atoms with Gasteiger partial charge in [-0.25, -0.2) is 0 Å². The molecule has 2 aromatic rings. The van der Waals surface area contributed by atoms with E-state index >= 15 is 0 Å². The topological polar surface area (TPSA) is 64.6 Å². The van der Waals surface area contributed by atoms with Crippen LogP contribution in [-0.4, -0.2) is 25.9 Å². The van der Waals surface area contributed by atoms with Gasteiger partial charge in [0.2, 0.25) is 5.91 Å². The molecule has 0 fully saturated rings. The largest absolute Gasteiger partial charge is 0.497 e. The second-order valence-electron chi connectivity index (χ2n) is 5.04. The van der Waals surface area contributed by atoms with Crippen LogP contribution in [0.5, 0.6) is 11.5 Å². The average molecular weight is 439 g/mol. The van der Waals surface area contributed by atoms with Gasteiger partial charge in [0.05, 0.1) is 19.8 Å². The predicted octanol–water partition coefficient (Wildman–Crippen LogP) is 3.91. The summed E-state index contributed by atoms with van der Waals surface area (Å²) in [4.78, 5) is 24.4. The molecular formula is C18H18INO4. The summed E-state index contributed by atoms with van der Waals surface area (Å²) in [7, 11) is 3.03. The van der Waals surface area contributed by atoms with Gasteiger partial charge < -0.3 is 14.8 Å². The molecule has 0 spiro atoms. The molecule has 24 heavy (non-hydrogen) atoms. The van der Waals surface area contributed by atoms with Crippen molar-refractivity contribution < 1.29 is 19.1 Å². The van der Waals surface area contributed by atoms with Gasteiger partial charge in [0.25, 0.3) is 0 Å². The van der Waals surface area contributed by atoms with Crippen LogP contribution in [0.1, 0.15) is 23.2 Å². The molecule has 126 valence electrons. The van der Waals surface area contributed by atoms with Crippen LogP contribution >= 0.6 is 22.6 Å². The first kappa shape index (κ1) is 18.3. The van der Waals surface area contributed by atoms with E-state index in [9.17, 15) is 9.59 Å². The zero-order valence-electron chi connectivity index (χ0n) is 13.5. The van der Waals surface area contributed by atoms with Crippen molar-refractivity contribution in [1.82, 2.24) is 0 Å². The van der Waals surface area contributed by atoms with Gasteiger partial charge in [-0.3, -0.25) is 9.59 Å². The van der Waals surface area contributed by atoms with Crippen molar-refractivity contribution in [3.63, 3.8) is 0 Å². The van der Waals surface area contributed by atoms with Crippen molar-refractivity contribution in [2.75, 3.05) is 19.5 Å². The summed E-state index contributed by atoms with van der Waals surface area (Å²) in [6.07, 6.45) is 0.199. The SMILES string of the molecule is COc1ccc(OC)c(C(=O)CCC(=O)Nc2ccc(I)cc2)c1. The third-order valence-corrected chi connectivity index (χ3v) is 4.13. The van der Waals surface area contributed by atoms with Crippen LogP contribution in [0.4, 0.5) is 5.69 Å². The number of amides is 1. The fourth-order valence-corrected chi connectivity index (χ4v) is 2.51. The number of ketones is 1. The number of anilines is 1. The molecule has 0 aliphatic carbocycles. The van der Waals surface area contributed by atoms with E-state index in [0.29, 0.717) is 22.7 Å². The van der Waals surface area contributed by atoms with Crippen molar-refractivity contribution in [3.05, 3.63) is 51.6 Å². The second-order valence-corrected chi connectivity index (χ2v) is 6.29. The van der Waals surface area contributed by atoms with Crippen LogP contribution in [-0.2, 0) is 4.79 Å². The van der Waals surface area contributed by atoms with Crippen molar-refractivity contribution in [2.24, 2.45) is 0 Å². The molecule has 0 unspecified atom stereocenters. The highest BCUT2D eigenvalue weighted by Gasteiger charge is 2.15. The third-order valence-electron chi connectivity index (χ3n) is 3.41. The van der Waals surface area contributed by atoms with Crippen LogP contribution in [0, 0.1) is 3.57 Å². The van der Waals surface area contributed by atoms with Crippen LogP contribution in [0.15, 0.2) is 42.5 Å². The monoisotopic (exact) mass is 439 g/mol. The Bertz CT molecular complexity index is 728. The van der Waals surface area contributed by atoms with E-state index in [1.165, 1.54) is 14.2 Å². The highest BCUT2D eigenvalue weighted by Crippen LogP contribution is 2.25. The number of hydrogen-bond donors (Lipinski definition) is 1. The van der Waals surface area contributed by atoms with Crippen molar-refractivity contribution >= 4 is 40.0 Å². The summed E-state index contributed by atoms with van der Waals surface area (Å²) >= 11 is 2.19. The molecule has 0 aromatic heterocycles. The van der Waals surface area contributed by atoms with E-state index < -0.39 is 0 Å². The first-order chi connectivity index (χ1) is 11.5. The van der Waals surface area contributed by atoms with E-state index in [-0.39, 0.29) is 24.5 Å². The minimum absolute atomic E-state index is 0.0970. The van der Waals surface area contributed by atoms with Gasteiger partial charge in [0.1, 0.15) is 11.5 Å². The molecule has 0 heterocycles. The fourth-order valence-electron chi connectivity index (χ4n) is 2.15. The van der Waals surface area contributed by atoms with Crippen molar-refractivity contribution in [1.29, 1.82) is 0 Å². The molecule has 0 aliphatic heterocycles. The lowest BCUT2D eigenvalue weighted by molar-refractivity contribution is -0.116. The van der Waals surface area contributed by atoms with Crippen molar-refractivity contribution in [3.8, 4) is 11.5 Å². The Morgan fingerprint density at radius 1 is 1.00 bits per heavy atom. The van der Waals surface area contributed by atoms with Gasteiger partial charge in [0.15, 0.2) is 5.78 Å². The number of halogens is 1. The molecule has 2 aromatic carbocycles. The van der Waals surface area contributed by atoms with E-state index in [1.54, 1.807) is 18.2 Å². The highest BCUT2D eigenvalue weighted by molar-refractivity contribution is 14.1. The molecule has 2 rings (SSSR count). The molecule has 0 saturated heterocycles. The second kappa shape index (κ2) is 8.68. The Morgan fingerprint density at radius 2 is 1.71 bits per heavy atom. The van der Waals surface area contributed by atoms with Gasteiger partial charge in [-0.2, -0.15) is 0 Å². The van der Waals surface area contributed by atoms with Gasteiger partial charge >= 0.3 is 0 Å². The third kappa shape index (κ3) is 4.95. The smallest absolute Gasteiger partial charge is 0.224 e. The Labute approximate surface area is 154 Å². The Balaban J connectivity index is 1.97. The maximum atomic E-state index is 12.4. The zero-order valence-corrected chi connectivity index (χ0v) is 15.6. The lowest BCUT2D eigenvalue weighted by Gasteiger charge is -2.10. The highest BCUT2D eigenvalue weighted by atomic mass is 127. The molecule has 0 atom stereocenters. The standard InChI is InChI=1S/C18H18INO4/c1-23-14-7-9-17(24-2)15(11-14)16(21)8-10-18(22)20-13-5-3-12(19)4-6-13/h3-7,9,11H,8,10H2,1-2H3,(H,20,22). The fraction of sp³-hybridized carbons (Fsp3) is 0.222. The average Bonchev–Trinajstić information content (AvgIpc) is 2.61. The predicted molar refractivity (Wildman–Crippen MR) is 101 cm³/mol. The lowest BCUT2D eigenvalue weighted by Crippen LogP contribution is -2.14. The van der Waals surface area contributed by atoms with Crippen LogP contribution in [0.3, 0.4) is 0 Å². The summed E-state index contributed by atoms with van der Waals surface area (Å²) in [6.45, 7) is 0. The first-order valence-electron chi connectivity index (χ1n) is 7.34. The number of nitrogens with one attached hydrogen (secondary N) is 1. The normalized spacial score (nSPS) is 10.1. The quantitative estimate of drug-likeness (QED) is 0.525. The maximum absolute atomic E-state index is 12.4. The van der Waals surface area contributed by atoms with E-state index in [4.69, 9.17) is 9.47 Å². The minimum atomic E-state index is -0.202. The molecule has 1 amide bonds. The molecular weight excluding hydrogens is 421 g/mol. The van der Waals surface area contributed by atoms with E-state index in [2.05, 4.69) is 27.9 Å². The summed E-state index contributed by atoms with van der Waals surface area (Å²) in [6, 6.07) is 12.5. The summed E-state index contributed by atoms with van der Waals surface area (Å²) in [5.74, 6) is 0.677. The maximum Gasteiger partial charge on any atom is 0.224 e. The number of methoxy groups -OCH3 is 2. The number of hydrogen-bond acceptors (Lipinski definition) is 4. The number of ether oxygens (including phenoxy) is 2. The Hall–Kier alpha value is -2.09. The number of benzene rings is 2. The molecule has 6 heteroatoms. The van der Waals surface area contributed by atoms with Gasteiger partial charge in [-0.1, -0.05) is 0 Å². The Kier molecular flexibility index (Phi) is 6.60. The molecule has 0 bridgehead atoms. The van der Waals surface area contributed by atoms with Crippen LogP contribution in [0.2, 0.25) is 0 Å². The number of rotatable bonds is 7.